The van der Waals surface area contributed by atoms with Crippen molar-refractivity contribution in [3.8, 4) is 0 Å². The van der Waals surface area contributed by atoms with Crippen molar-refractivity contribution in [1.29, 1.82) is 0 Å². The van der Waals surface area contributed by atoms with Crippen molar-refractivity contribution < 1.29 is 14.8 Å². The number of nitrogens with zero attached hydrogens (tertiary/aromatic N) is 2. The summed E-state index contributed by atoms with van der Waals surface area (Å²) in [5.41, 5.74) is 4.89. The second-order valence-corrected chi connectivity index (χ2v) is 4.02. The molecule has 8 heteroatoms. The molecule has 1 aromatic rings. The van der Waals surface area contributed by atoms with Crippen molar-refractivity contribution in [3.05, 3.63) is 21.4 Å². The van der Waals surface area contributed by atoms with Crippen LogP contribution < -0.4 is 11.1 Å². The molecule has 0 bridgehead atoms. The number of aromatic nitrogens is 1. The molecule has 0 aliphatic heterocycles. The summed E-state index contributed by atoms with van der Waals surface area (Å²) in [5.74, 6) is -1.56. The van der Waals surface area contributed by atoms with E-state index in [1.54, 1.807) is 0 Å². The zero-order valence-corrected chi connectivity index (χ0v) is 10.8. The van der Waals surface area contributed by atoms with Crippen LogP contribution in [0.4, 0.5) is 17.2 Å². The fraction of sp³-hybridized carbons (Fsp3) is 0.455. The third kappa shape index (κ3) is 3.09. The van der Waals surface area contributed by atoms with Gasteiger partial charge in [0.2, 0.25) is 5.82 Å². The summed E-state index contributed by atoms with van der Waals surface area (Å²) in [6.45, 7) is 3.84. The lowest BCUT2D eigenvalue weighted by atomic mass is 10.1. The second-order valence-electron chi connectivity index (χ2n) is 4.02. The molecule has 0 unspecified atom stereocenters. The number of hydrogen-bond acceptors (Lipinski definition) is 6. The maximum absolute atomic E-state index is 11.2. The Balaban J connectivity index is 3.40. The quantitative estimate of drug-likeness (QED) is 0.407. The number of nitrogen functional groups attached to an aromatic ring is 1. The number of rotatable bonds is 6. The predicted octanol–water partition coefficient (Wildman–Crippen LogP) is 1.79. The molecular formula is C11H16N4O4. The average Bonchev–Trinajstić information content (AvgIpc) is 2.27. The van der Waals surface area contributed by atoms with Gasteiger partial charge in [0.25, 0.3) is 0 Å². The largest absolute Gasteiger partial charge is 0.478 e. The summed E-state index contributed by atoms with van der Waals surface area (Å²) in [6, 6.07) is 0. The van der Waals surface area contributed by atoms with Gasteiger partial charge >= 0.3 is 11.7 Å². The van der Waals surface area contributed by atoms with Crippen LogP contribution >= 0.6 is 0 Å². The second kappa shape index (κ2) is 5.98. The number of anilines is 2. The number of nitrogens with one attached hydrogen (secondary N) is 1. The van der Waals surface area contributed by atoms with E-state index in [1.807, 2.05) is 6.92 Å². The smallest absolute Gasteiger partial charge is 0.339 e. The van der Waals surface area contributed by atoms with Crippen LogP contribution in [0, 0.1) is 17.0 Å². The molecular weight excluding hydrogens is 252 g/mol. The highest BCUT2D eigenvalue weighted by molar-refractivity contribution is 5.99. The number of carbonyl (C=O) groups is 1. The van der Waals surface area contributed by atoms with Crippen molar-refractivity contribution in [2.75, 3.05) is 17.6 Å². The predicted molar refractivity (Wildman–Crippen MR) is 70.4 cm³/mol. The van der Waals surface area contributed by atoms with E-state index < -0.39 is 16.6 Å². The van der Waals surface area contributed by atoms with Crippen LogP contribution in [0.5, 0.6) is 0 Å². The summed E-state index contributed by atoms with van der Waals surface area (Å²) in [6.07, 6.45) is 1.64. The van der Waals surface area contributed by atoms with Crippen LogP contribution in [-0.4, -0.2) is 27.5 Å². The van der Waals surface area contributed by atoms with E-state index in [1.165, 1.54) is 6.92 Å². The molecule has 1 heterocycles. The SMILES string of the molecule is CCCCNc1c(C(=O)O)c(C)nc(N)c1[N+](=O)[O-]. The van der Waals surface area contributed by atoms with E-state index in [0.29, 0.717) is 6.54 Å². The molecule has 0 spiro atoms. The summed E-state index contributed by atoms with van der Waals surface area (Å²) in [7, 11) is 0. The lowest BCUT2D eigenvalue weighted by Crippen LogP contribution is -2.15. The van der Waals surface area contributed by atoms with Gasteiger partial charge in [-0.15, -0.1) is 0 Å². The van der Waals surface area contributed by atoms with Crippen LogP contribution in [0.25, 0.3) is 0 Å². The first kappa shape index (κ1) is 14.7. The van der Waals surface area contributed by atoms with Gasteiger partial charge in [0.05, 0.1) is 10.6 Å². The van der Waals surface area contributed by atoms with Gasteiger partial charge in [0.1, 0.15) is 11.3 Å². The standard InChI is InChI=1S/C11H16N4O4/c1-3-4-5-13-8-7(11(16)17)6(2)14-10(12)9(8)15(18)19/h3-5H2,1-2H3,(H,16,17)(H3,12,13,14). The van der Waals surface area contributed by atoms with Crippen LogP contribution in [0.15, 0.2) is 0 Å². The van der Waals surface area contributed by atoms with Crippen molar-refractivity contribution in [2.45, 2.75) is 26.7 Å². The number of pyridine rings is 1. The maximum Gasteiger partial charge on any atom is 0.339 e. The Morgan fingerprint density at radius 2 is 2.21 bits per heavy atom. The summed E-state index contributed by atoms with van der Waals surface area (Å²) in [5, 5.41) is 23.0. The summed E-state index contributed by atoms with van der Waals surface area (Å²) >= 11 is 0. The number of unbranched alkanes of at least 4 members (excludes halogenated alkanes) is 1. The number of aryl methyl sites for hydroxylation is 1. The Bertz CT molecular complexity index is 478. The summed E-state index contributed by atoms with van der Waals surface area (Å²) in [4.78, 5) is 25.2. The fourth-order valence-electron chi connectivity index (χ4n) is 1.73. The monoisotopic (exact) mass is 268 g/mol. The molecule has 1 aromatic heterocycles. The van der Waals surface area contributed by atoms with Crippen LogP contribution in [0.3, 0.4) is 0 Å². The number of carboxylic acids is 1. The molecule has 0 aliphatic carbocycles. The van der Waals surface area contributed by atoms with Crippen molar-refractivity contribution in [3.63, 3.8) is 0 Å². The van der Waals surface area contributed by atoms with E-state index in [-0.39, 0.29) is 22.8 Å². The van der Waals surface area contributed by atoms with Crippen LogP contribution in [-0.2, 0) is 0 Å². The molecule has 0 fully saturated rings. The number of aromatic carboxylic acids is 1. The molecule has 1 rings (SSSR count). The van der Waals surface area contributed by atoms with Gasteiger partial charge in [-0.25, -0.2) is 9.78 Å². The topological polar surface area (TPSA) is 131 Å². The highest BCUT2D eigenvalue weighted by Gasteiger charge is 2.28. The Hall–Kier alpha value is -2.38. The molecule has 0 aliphatic rings. The maximum atomic E-state index is 11.2. The third-order valence-corrected chi connectivity index (χ3v) is 2.61. The number of hydrogen-bond donors (Lipinski definition) is 3. The normalized spacial score (nSPS) is 10.2. The molecule has 0 saturated heterocycles. The zero-order chi connectivity index (χ0) is 14.6. The van der Waals surface area contributed by atoms with E-state index in [4.69, 9.17) is 10.8 Å². The molecule has 0 amide bonds. The highest BCUT2D eigenvalue weighted by atomic mass is 16.6. The molecule has 0 saturated carbocycles. The van der Waals surface area contributed by atoms with Gasteiger partial charge in [-0.2, -0.15) is 0 Å². The van der Waals surface area contributed by atoms with Gasteiger partial charge in [-0.1, -0.05) is 13.3 Å². The minimum absolute atomic E-state index is 0.0732. The van der Waals surface area contributed by atoms with E-state index in [9.17, 15) is 14.9 Å². The number of carboxylic acid groups (broad SMARTS) is 1. The molecule has 104 valence electrons. The fourth-order valence-corrected chi connectivity index (χ4v) is 1.73. The lowest BCUT2D eigenvalue weighted by Gasteiger charge is -2.12. The number of nitrogens with two attached hydrogens (primary N) is 1. The molecule has 0 radical (unpaired) electrons. The first-order chi connectivity index (χ1) is 8.90. The Morgan fingerprint density at radius 3 is 2.68 bits per heavy atom. The first-order valence-electron chi connectivity index (χ1n) is 5.81. The van der Waals surface area contributed by atoms with Crippen molar-refractivity contribution in [1.82, 2.24) is 4.98 Å². The van der Waals surface area contributed by atoms with E-state index >= 15 is 0 Å². The van der Waals surface area contributed by atoms with Crippen molar-refractivity contribution >= 4 is 23.2 Å². The van der Waals surface area contributed by atoms with Gasteiger partial charge in [-0.3, -0.25) is 10.1 Å². The Morgan fingerprint density at radius 1 is 1.58 bits per heavy atom. The van der Waals surface area contributed by atoms with Crippen molar-refractivity contribution in [2.24, 2.45) is 0 Å². The zero-order valence-electron chi connectivity index (χ0n) is 10.8. The first-order valence-corrected chi connectivity index (χ1v) is 5.81. The molecule has 0 atom stereocenters. The molecule has 19 heavy (non-hydrogen) atoms. The van der Waals surface area contributed by atoms with Gasteiger partial charge in [0.15, 0.2) is 0 Å². The summed E-state index contributed by atoms with van der Waals surface area (Å²) < 4.78 is 0. The Kier molecular flexibility index (Phi) is 4.62. The van der Waals surface area contributed by atoms with Crippen LogP contribution in [0.2, 0.25) is 0 Å². The van der Waals surface area contributed by atoms with E-state index in [0.717, 1.165) is 12.8 Å². The average molecular weight is 268 g/mol. The van der Waals surface area contributed by atoms with Gasteiger partial charge < -0.3 is 16.2 Å². The van der Waals surface area contributed by atoms with Gasteiger partial charge in [0, 0.05) is 6.54 Å². The third-order valence-electron chi connectivity index (χ3n) is 2.61. The molecule has 0 aromatic carbocycles. The number of nitro groups is 1. The minimum atomic E-state index is -1.27. The van der Waals surface area contributed by atoms with E-state index in [2.05, 4.69) is 10.3 Å². The molecule has 8 nitrogen and oxygen atoms in total. The minimum Gasteiger partial charge on any atom is -0.478 e. The highest BCUT2D eigenvalue weighted by Crippen LogP contribution is 2.34. The molecule has 4 N–H and O–H groups in total. The Labute approximate surface area is 109 Å². The van der Waals surface area contributed by atoms with Gasteiger partial charge in [-0.05, 0) is 13.3 Å². The van der Waals surface area contributed by atoms with Crippen LogP contribution in [0.1, 0.15) is 35.8 Å². The lowest BCUT2D eigenvalue weighted by molar-refractivity contribution is -0.383.